The molecule has 0 radical (unpaired) electrons. The Kier molecular flexibility index (Phi) is 5.38. The molecule has 1 amide bonds. The van der Waals surface area contributed by atoms with Gasteiger partial charge in [-0.3, -0.25) is 9.59 Å². The van der Waals surface area contributed by atoms with Crippen LogP contribution in [0.25, 0.3) is 22.2 Å². The summed E-state index contributed by atoms with van der Waals surface area (Å²) in [6.07, 6.45) is 0. The van der Waals surface area contributed by atoms with E-state index in [-0.39, 0.29) is 18.0 Å². The highest BCUT2D eigenvalue weighted by atomic mass is 16.4. The van der Waals surface area contributed by atoms with E-state index in [1.165, 1.54) is 4.68 Å². The monoisotopic (exact) mass is 403 g/mol. The number of amides is 1. The normalized spacial score (nSPS) is 12.1. The summed E-state index contributed by atoms with van der Waals surface area (Å²) in [6, 6.07) is 16.6. The van der Waals surface area contributed by atoms with Crippen molar-refractivity contribution in [2.45, 2.75) is 32.9 Å². The minimum Gasteiger partial charge on any atom is -0.419 e. The average Bonchev–Trinajstić information content (AvgIpc) is 3.27. The van der Waals surface area contributed by atoms with E-state index in [0.29, 0.717) is 34.8 Å². The van der Waals surface area contributed by atoms with Crippen LogP contribution in [-0.2, 0) is 17.9 Å². The number of nitrogens with one attached hydrogen (secondary N) is 1. The highest BCUT2D eigenvalue weighted by molar-refractivity contribution is 5.91. The second-order valence-corrected chi connectivity index (χ2v) is 6.86. The zero-order valence-electron chi connectivity index (χ0n) is 16.7. The van der Waals surface area contributed by atoms with Crippen molar-refractivity contribution in [1.29, 1.82) is 0 Å². The summed E-state index contributed by atoms with van der Waals surface area (Å²) in [4.78, 5) is 25.3. The molecule has 30 heavy (non-hydrogen) atoms. The smallest absolute Gasteiger partial charge is 0.274 e. The molecule has 2 aromatic carbocycles. The first-order valence-corrected chi connectivity index (χ1v) is 9.73. The molecule has 4 aromatic rings. The number of aromatic nitrogens is 4. The van der Waals surface area contributed by atoms with Gasteiger partial charge in [-0.15, -0.1) is 10.2 Å². The Balaban J connectivity index is 1.53. The molecule has 0 spiro atoms. The molecular weight excluding hydrogens is 382 g/mol. The lowest BCUT2D eigenvalue weighted by molar-refractivity contribution is -0.122. The van der Waals surface area contributed by atoms with Gasteiger partial charge in [-0.05, 0) is 32.0 Å². The molecule has 0 saturated heterocycles. The second-order valence-electron chi connectivity index (χ2n) is 6.86. The van der Waals surface area contributed by atoms with Crippen LogP contribution in [-0.4, -0.2) is 25.9 Å². The van der Waals surface area contributed by atoms with E-state index in [9.17, 15) is 9.59 Å². The molecule has 0 fully saturated rings. The first-order valence-electron chi connectivity index (χ1n) is 9.73. The lowest BCUT2D eigenvalue weighted by Gasteiger charge is -2.15. The van der Waals surface area contributed by atoms with Gasteiger partial charge in [0.05, 0.1) is 23.5 Å². The van der Waals surface area contributed by atoms with Gasteiger partial charge in [0, 0.05) is 17.5 Å². The van der Waals surface area contributed by atoms with Crippen LogP contribution in [0.3, 0.4) is 0 Å². The van der Waals surface area contributed by atoms with Crippen molar-refractivity contribution in [3.8, 4) is 11.5 Å². The van der Waals surface area contributed by atoms with Crippen LogP contribution in [0.4, 0.5) is 0 Å². The number of carbonyl (C=O) groups is 1. The molecular formula is C22H21N5O3. The number of aryl methyl sites for hydroxylation is 1. The summed E-state index contributed by atoms with van der Waals surface area (Å²) in [7, 11) is 0. The Bertz CT molecular complexity index is 1250. The Labute approximate surface area is 172 Å². The number of hydrogen-bond acceptors (Lipinski definition) is 6. The lowest BCUT2D eigenvalue weighted by Crippen LogP contribution is -2.31. The molecule has 2 aromatic heterocycles. The standard InChI is InChI=1S/C22H21N5O3/c1-3-27-22(29)17-12-8-7-11-16(17)19(26-27)14(2)20(28)23-13-18-24-25-21(30-18)15-9-5-4-6-10-15/h4-12,14H,3,13H2,1-2H3,(H,23,28). The van der Waals surface area contributed by atoms with Gasteiger partial charge >= 0.3 is 0 Å². The topological polar surface area (TPSA) is 103 Å². The molecule has 1 atom stereocenters. The molecule has 8 nitrogen and oxygen atoms in total. The van der Waals surface area contributed by atoms with Crippen LogP contribution in [0, 0.1) is 0 Å². The van der Waals surface area contributed by atoms with Crippen molar-refractivity contribution in [1.82, 2.24) is 25.3 Å². The zero-order chi connectivity index (χ0) is 21.1. The van der Waals surface area contributed by atoms with Crippen LogP contribution >= 0.6 is 0 Å². The van der Waals surface area contributed by atoms with Gasteiger partial charge in [0.25, 0.3) is 5.56 Å². The van der Waals surface area contributed by atoms with E-state index in [2.05, 4.69) is 20.6 Å². The highest BCUT2D eigenvalue weighted by Gasteiger charge is 2.22. The van der Waals surface area contributed by atoms with E-state index in [1.807, 2.05) is 49.4 Å². The Morgan fingerprint density at radius 3 is 2.50 bits per heavy atom. The van der Waals surface area contributed by atoms with Crippen LogP contribution in [0.2, 0.25) is 0 Å². The van der Waals surface area contributed by atoms with E-state index in [1.54, 1.807) is 19.1 Å². The molecule has 0 aliphatic heterocycles. The van der Waals surface area contributed by atoms with Gasteiger partial charge < -0.3 is 9.73 Å². The van der Waals surface area contributed by atoms with E-state index >= 15 is 0 Å². The Morgan fingerprint density at radius 2 is 1.77 bits per heavy atom. The van der Waals surface area contributed by atoms with Gasteiger partial charge in [-0.25, -0.2) is 4.68 Å². The Hall–Kier alpha value is -3.81. The number of hydrogen-bond donors (Lipinski definition) is 1. The minimum atomic E-state index is -0.565. The predicted octanol–water partition coefficient (Wildman–Crippen LogP) is 2.89. The first kappa shape index (κ1) is 19.5. The van der Waals surface area contributed by atoms with Gasteiger partial charge in [0.2, 0.25) is 17.7 Å². The summed E-state index contributed by atoms with van der Waals surface area (Å²) in [6.45, 7) is 4.14. The molecule has 1 N–H and O–H groups in total. The van der Waals surface area contributed by atoms with Crippen molar-refractivity contribution in [3.63, 3.8) is 0 Å². The third-order valence-electron chi connectivity index (χ3n) is 4.90. The SMILES string of the molecule is CCn1nc(C(C)C(=O)NCc2nnc(-c3ccccc3)o2)c2ccccc2c1=O. The van der Waals surface area contributed by atoms with Crippen LogP contribution in [0.15, 0.2) is 63.8 Å². The van der Waals surface area contributed by atoms with Crippen LogP contribution in [0.1, 0.15) is 31.4 Å². The van der Waals surface area contributed by atoms with Crippen molar-refractivity contribution in [2.24, 2.45) is 0 Å². The van der Waals surface area contributed by atoms with Crippen LogP contribution in [0.5, 0.6) is 0 Å². The quantitative estimate of drug-likeness (QED) is 0.531. The van der Waals surface area contributed by atoms with Gasteiger partial charge in [-0.2, -0.15) is 5.10 Å². The second kappa shape index (κ2) is 8.28. The van der Waals surface area contributed by atoms with Crippen molar-refractivity contribution < 1.29 is 9.21 Å². The predicted molar refractivity (Wildman–Crippen MR) is 112 cm³/mol. The molecule has 1 unspecified atom stereocenters. The molecule has 0 bridgehead atoms. The summed E-state index contributed by atoms with van der Waals surface area (Å²) >= 11 is 0. The molecule has 2 heterocycles. The fourth-order valence-electron chi connectivity index (χ4n) is 3.26. The van der Waals surface area contributed by atoms with Crippen molar-refractivity contribution in [2.75, 3.05) is 0 Å². The summed E-state index contributed by atoms with van der Waals surface area (Å²) < 4.78 is 7.01. The fraction of sp³-hybridized carbons (Fsp3) is 0.227. The molecule has 8 heteroatoms. The van der Waals surface area contributed by atoms with Crippen molar-refractivity contribution in [3.05, 3.63) is 76.5 Å². The number of carbonyl (C=O) groups excluding carboxylic acids is 1. The third-order valence-corrected chi connectivity index (χ3v) is 4.90. The molecule has 0 aliphatic carbocycles. The lowest BCUT2D eigenvalue weighted by atomic mass is 10.0. The minimum absolute atomic E-state index is 0.106. The number of rotatable bonds is 6. The largest absolute Gasteiger partial charge is 0.419 e. The number of benzene rings is 2. The number of fused-ring (bicyclic) bond motifs is 1. The third kappa shape index (κ3) is 3.71. The summed E-state index contributed by atoms with van der Waals surface area (Å²) in [5.74, 6) is -0.0976. The van der Waals surface area contributed by atoms with Crippen molar-refractivity contribution >= 4 is 16.7 Å². The molecule has 0 aliphatic rings. The summed E-state index contributed by atoms with van der Waals surface area (Å²) in [5, 5.41) is 16.5. The molecule has 152 valence electrons. The maximum Gasteiger partial charge on any atom is 0.274 e. The van der Waals surface area contributed by atoms with Crippen LogP contribution < -0.4 is 10.9 Å². The maximum atomic E-state index is 12.8. The van der Waals surface area contributed by atoms with E-state index in [0.717, 1.165) is 5.56 Å². The zero-order valence-corrected chi connectivity index (χ0v) is 16.7. The van der Waals surface area contributed by atoms with Gasteiger partial charge in [0.1, 0.15) is 0 Å². The first-order chi connectivity index (χ1) is 14.6. The van der Waals surface area contributed by atoms with Gasteiger partial charge in [-0.1, -0.05) is 36.4 Å². The highest BCUT2D eigenvalue weighted by Crippen LogP contribution is 2.22. The number of nitrogens with zero attached hydrogens (tertiary/aromatic N) is 4. The van der Waals surface area contributed by atoms with Gasteiger partial charge in [0.15, 0.2) is 0 Å². The maximum absolute atomic E-state index is 12.8. The molecule has 4 rings (SSSR count). The van der Waals surface area contributed by atoms with E-state index < -0.39 is 5.92 Å². The average molecular weight is 403 g/mol. The van der Waals surface area contributed by atoms with E-state index in [4.69, 9.17) is 4.42 Å². The molecule has 0 saturated carbocycles. The fourth-order valence-corrected chi connectivity index (χ4v) is 3.26. The Morgan fingerprint density at radius 1 is 1.07 bits per heavy atom. The summed E-state index contributed by atoms with van der Waals surface area (Å²) in [5.41, 5.74) is 1.21.